The summed E-state index contributed by atoms with van der Waals surface area (Å²) >= 11 is 0. The lowest BCUT2D eigenvalue weighted by molar-refractivity contribution is -0.150. The molecule has 0 aromatic heterocycles. The van der Waals surface area contributed by atoms with E-state index in [2.05, 4.69) is 10.1 Å². The van der Waals surface area contributed by atoms with Crippen LogP contribution in [0.3, 0.4) is 0 Å². The lowest BCUT2D eigenvalue weighted by Crippen LogP contribution is -2.45. The Morgan fingerprint density at radius 2 is 2.00 bits per heavy atom. The highest BCUT2D eigenvalue weighted by Gasteiger charge is 2.59. The molecule has 1 aliphatic heterocycles. The van der Waals surface area contributed by atoms with E-state index in [-0.39, 0.29) is 12.4 Å². The van der Waals surface area contributed by atoms with E-state index < -0.39 is 29.9 Å². The van der Waals surface area contributed by atoms with Gasteiger partial charge in [0.2, 0.25) is 0 Å². The van der Waals surface area contributed by atoms with Gasteiger partial charge in [-0.05, 0) is 0 Å². The number of methoxy groups -OCH3 is 1. The van der Waals surface area contributed by atoms with Crippen molar-refractivity contribution < 1.29 is 18.3 Å². The van der Waals surface area contributed by atoms with Crippen LogP contribution >= 0.6 is 12.4 Å². The van der Waals surface area contributed by atoms with Crippen LogP contribution in [0.1, 0.15) is 13.8 Å². The molecule has 0 spiro atoms. The Labute approximate surface area is 87.6 Å². The summed E-state index contributed by atoms with van der Waals surface area (Å²) in [6.07, 6.45) is 0. The molecule has 0 radical (unpaired) electrons. The van der Waals surface area contributed by atoms with Crippen LogP contribution in [-0.4, -0.2) is 31.6 Å². The van der Waals surface area contributed by atoms with Crippen LogP contribution in [0.4, 0.5) is 8.78 Å². The molecule has 0 aliphatic carbocycles. The summed E-state index contributed by atoms with van der Waals surface area (Å²) in [7, 11) is 1.19. The molecule has 3 nitrogen and oxygen atoms in total. The van der Waals surface area contributed by atoms with E-state index in [4.69, 9.17) is 0 Å². The molecule has 1 aliphatic rings. The summed E-state index contributed by atoms with van der Waals surface area (Å²) in [5.41, 5.74) is -1.39. The molecule has 0 bridgehead atoms. The highest BCUT2D eigenvalue weighted by atomic mass is 35.5. The van der Waals surface area contributed by atoms with Gasteiger partial charge in [0.05, 0.1) is 19.1 Å². The predicted octanol–water partition coefficient (Wildman–Crippen LogP) is 1.21. The average molecular weight is 230 g/mol. The number of hydrogen-bond acceptors (Lipinski definition) is 3. The molecule has 84 valence electrons. The summed E-state index contributed by atoms with van der Waals surface area (Å²) in [4.78, 5) is 11.1. The van der Waals surface area contributed by atoms with Gasteiger partial charge in [0.25, 0.3) is 5.92 Å². The van der Waals surface area contributed by atoms with Crippen molar-refractivity contribution in [1.29, 1.82) is 0 Å². The zero-order valence-corrected chi connectivity index (χ0v) is 9.08. The molecule has 6 heteroatoms. The van der Waals surface area contributed by atoms with Gasteiger partial charge in [-0.15, -0.1) is 12.4 Å². The first kappa shape index (κ1) is 13.6. The largest absolute Gasteiger partial charge is 0.468 e. The van der Waals surface area contributed by atoms with Crippen molar-refractivity contribution in [2.45, 2.75) is 25.8 Å². The predicted molar refractivity (Wildman–Crippen MR) is 49.8 cm³/mol. The molecular formula is C8H14ClF2NO2. The Balaban J connectivity index is 0.00000169. The zero-order valence-electron chi connectivity index (χ0n) is 8.27. The van der Waals surface area contributed by atoms with Gasteiger partial charge in [0.15, 0.2) is 0 Å². The van der Waals surface area contributed by atoms with E-state index in [1.165, 1.54) is 21.0 Å². The minimum absolute atomic E-state index is 0. The van der Waals surface area contributed by atoms with Crippen molar-refractivity contribution in [3.05, 3.63) is 0 Å². The Bertz CT molecular complexity index is 233. The molecule has 1 atom stereocenters. The lowest BCUT2D eigenvalue weighted by atomic mass is 9.82. The van der Waals surface area contributed by atoms with E-state index in [0.717, 1.165) is 0 Å². The third-order valence-corrected chi connectivity index (χ3v) is 2.63. The Hall–Kier alpha value is -0.420. The Kier molecular flexibility index (Phi) is 3.86. The standard InChI is InChI=1S/C8H13F2NO2.ClH/c1-7(2)5(6(12)13-3)11-4-8(7,9)10;/h5,11H,4H2,1-3H3;1H. The fourth-order valence-electron chi connectivity index (χ4n) is 1.42. The number of hydrogen-bond donors (Lipinski definition) is 1. The first-order valence-corrected chi connectivity index (χ1v) is 4.02. The SMILES string of the molecule is COC(=O)C1NCC(F)(F)C1(C)C.Cl. The third kappa shape index (κ3) is 1.83. The molecule has 1 heterocycles. The number of rotatable bonds is 1. The summed E-state index contributed by atoms with van der Waals surface area (Å²) in [6, 6.07) is -0.924. The van der Waals surface area contributed by atoms with Gasteiger partial charge in [0.1, 0.15) is 6.04 Å². The lowest BCUT2D eigenvalue weighted by Gasteiger charge is -2.29. The minimum atomic E-state index is -2.87. The fraction of sp³-hybridized carbons (Fsp3) is 0.875. The van der Waals surface area contributed by atoms with E-state index in [1.807, 2.05) is 0 Å². The summed E-state index contributed by atoms with van der Waals surface area (Å²) in [5.74, 6) is -3.51. The maximum Gasteiger partial charge on any atom is 0.323 e. The van der Waals surface area contributed by atoms with Gasteiger partial charge >= 0.3 is 5.97 Å². The van der Waals surface area contributed by atoms with Crippen LogP contribution in [0, 0.1) is 5.41 Å². The maximum atomic E-state index is 13.2. The molecule has 0 aromatic carbocycles. The van der Waals surface area contributed by atoms with Crippen LogP contribution in [0.2, 0.25) is 0 Å². The van der Waals surface area contributed by atoms with Crippen molar-refractivity contribution >= 4 is 18.4 Å². The number of alkyl halides is 2. The number of carbonyl (C=O) groups is 1. The monoisotopic (exact) mass is 229 g/mol. The van der Waals surface area contributed by atoms with Gasteiger partial charge in [-0.1, -0.05) is 13.8 Å². The average Bonchev–Trinajstić information content (AvgIpc) is 2.22. The van der Waals surface area contributed by atoms with Crippen molar-refractivity contribution in [2.75, 3.05) is 13.7 Å². The van der Waals surface area contributed by atoms with E-state index >= 15 is 0 Å². The maximum absolute atomic E-state index is 13.2. The number of ether oxygens (including phenoxy) is 1. The van der Waals surface area contributed by atoms with E-state index in [0.29, 0.717) is 0 Å². The zero-order chi connectivity index (χ0) is 10.3. The van der Waals surface area contributed by atoms with Crippen molar-refractivity contribution in [2.24, 2.45) is 5.41 Å². The minimum Gasteiger partial charge on any atom is -0.468 e. The number of nitrogens with one attached hydrogen (secondary N) is 1. The molecular weight excluding hydrogens is 216 g/mol. The molecule has 0 amide bonds. The van der Waals surface area contributed by atoms with E-state index in [1.54, 1.807) is 0 Å². The summed E-state index contributed by atoms with van der Waals surface area (Å²) in [5, 5.41) is 2.46. The van der Waals surface area contributed by atoms with Gasteiger partial charge < -0.3 is 4.74 Å². The molecule has 14 heavy (non-hydrogen) atoms. The number of halogens is 3. The molecule has 1 saturated heterocycles. The van der Waals surface area contributed by atoms with Gasteiger partial charge in [0, 0.05) is 0 Å². The third-order valence-electron chi connectivity index (χ3n) is 2.63. The van der Waals surface area contributed by atoms with Crippen LogP contribution in [0.15, 0.2) is 0 Å². The molecule has 1 N–H and O–H groups in total. The normalized spacial score (nSPS) is 27.9. The van der Waals surface area contributed by atoms with Crippen molar-refractivity contribution in [1.82, 2.24) is 5.32 Å². The quantitative estimate of drug-likeness (QED) is 0.687. The van der Waals surface area contributed by atoms with Crippen LogP contribution in [0.25, 0.3) is 0 Å². The second kappa shape index (κ2) is 3.98. The van der Waals surface area contributed by atoms with Gasteiger partial charge in [-0.2, -0.15) is 0 Å². The molecule has 1 rings (SSSR count). The summed E-state index contributed by atoms with van der Waals surface area (Å²) < 4.78 is 30.8. The topological polar surface area (TPSA) is 38.3 Å². The molecule has 1 fully saturated rings. The smallest absolute Gasteiger partial charge is 0.323 e. The van der Waals surface area contributed by atoms with E-state index in [9.17, 15) is 13.6 Å². The first-order valence-electron chi connectivity index (χ1n) is 4.02. The number of esters is 1. The highest BCUT2D eigenvalue weighted by molar-refractivity contribution is 5.85. The molecule has 0 aromatic rings. The van der Waals surface area contributed by atoms with Gasteiger partial charge in [-0.25, -0.2) is 8.78 Å². The molecule has 0 saturated carbocycles. The van der Waals surface area contributed by atoms with Gasteiger partial charge in [-0.3, -0.25) is 10.1 Å². The van der Waals surface area contributed by atoms with Crippen LogP contribution < -0.4 is 5.32 Å². The van der Waals surface area contributed by atoms with Crippen LogP contribution in [-0.2, 0) is 9.53 Å². The van der Waals surface area contributed by atoms with Crippen molar-refractivity contribution in [3.8, 4) is 0 Å². The highest BCUT2D eigenvalue weighted by Crippen LogP contribution is 2.43. The van der Waals surface area contributed by atoms with Crippen molar-refractivity contribution in [3.63, 3.8) is 0 Å². The summed E-state index contributed by atoms with van der Waals surface area (Å²) in [6.45, 7) is 2.24. The van der Waals surface area contributed by atoms with Crippen LogP contribution in [0.5, 0.6) is 0 Å². The second-order valence-corrected chi connectivity index (χ2v) is 3.76. The fourth-order valence-corrected chi connectivity index (χ4v) is 1.42. The first-order chi connectivity index (χ1) is 5.83. The Morgan fingerprint density at radius 3 is 2.29 bits per heavy atom. The number of carbonyl (C=O) groups excluding carboxylic acids is 1. The second-order valence-electron chi connectivity index (χ2n) is 3.76. The molecule has 1 unspecified atom stereocenters. The Morgan fingerprint density at radius 1 is 1.50 bits per heavy atom.